The summed E-state index contributed by atoms with van der Waals surface area (Å²) in [4.78, 5) is 12.2. The summed E-state index contributed by atoms with van der Waals surface area (Å²) in [6.07, 6.45) is 0. The predicted octanol–water partition coefficient (Wildman–Crippen LogP) is -0.0759. The number of nitrogens with two attached hydrogens (primary N) is 1. The summed E-state index contributed by atoms with van der Waals surface area (Å²) in [7, 11) is -3.07. The van der Waals surface area contributed by atoms with Crippen LogP contribution < -0.4 is 10.6 Å². The van der Waals surface area contributed by atoms with Crippen LogP contribution in [-0.2, 0) is 9.84 Å². The van der Waals surface area contributed by atoms with Crippen molar-refractivity contribution in [2.24, 2.45) is 10.9 Å². The second-order valence-electron chi connectivity index (χ2n) is 4.58. The number of hydrogen-bond donors (Lipinski definition) is 2. The number of amidine groups is 1. The number of nitrogens with zero attached hydrogens (tertiary/aromatic N) is 3. The highest BCUT2D eigenvalue weighted by molar-refractivity contribution is 7.91. The Morgan fingerprint density at radius 2 is 2.00 bits per heavy atom. The zero-order valence-electron chi connectivity index (χ0n) is 11.0. The van der Waals surface area contributed by atoms with Gasteiger partial charge in [-0.3, -0.25) is 10.1 Å². The summed E-state index contributed by atoms with van der Waals surface area (Å²) < 4.78 is 22.8. The van der Waals surface area contributed by atoms with Crippen LogP contribution in [0.2, 0.25) is 0 Å². The molecule has 21 heavy (non-hydrogen) atoms. The lowest BCUT2D eigenvalue weighted by Crippen LogP contribution is -2.40. The van der Waals surface area contributed by atoms with Crippen LogP contribution in [0.15, 0.2) is 23.4 Å². The maximum atomic E-state index is 11.4. The summed E-state index contributed by atoms with van der Waals surface area (Å²) in [5.41, 5.74) is 5.75. The molecule has 1 heterocycles. The number of hydrogen-bond acceptors (Lipinski definition) is 7. The third-order valence-electron chi connectivity index (χ3n) is 3.26. The maximum Gasteiger partial charge on any atom is 0.293 e. The minimum atomic E-state index is -3.07. The average Bonchev–Trinajstić information content (AvgIpc) is 2.46. The van der Waals surface area contributed by atoms with E-state index in [9.17, 15) is 18.5 Å². The van der Waals surface area contributed by atoms with Gasteiger partial charge in [-0.05, 0) is 12.1 Å². The fourth-order valence-electron chi connectivity index (χ4n) is 2.11. The monoisotopic (exact) mass is 314 g/mol. The van der Waals surface area contributed by atoms with Crippen LogP contribution in [0.4, 0.5) is 11.4 Å². The third-order valence-corrected chi connectivity index (χ3v) is 4.87. The molecule has 0 radical (unpaired) electrons. The molecule has 1 saturated heterocycles. The van der Waals surface area contributed by atoms with Crippen LogP contribution in [0.3, 0.4) is 0 Å². The second kappa shape index (κ2) is 5.56. The van der Waals surface area contributed by atoms with Gasteiger partial charge in [-0.15, -0.1) is 0 Å². The molecule has 9 nitrogen and oxygen atoms in total. The van der Waals surface area contributed by atoms with Crippen LogP contribution in [0.1, 0.15) is 5.56 Å². The van der Waals surface area contributed by atoms with E-state index < -0.39 is 14.8 Å². The molecule has 0 bridgehead atoms. The fourth-order valence-corrected chi connectivity index (χ4v) is 3.31. The summed E-state index contributed by atoms with van der Waals surface area (Å²) in [5, 5.41) is 22.6. The molecule has 0 amide bonds. The number of oxime groups is 1. The van der Waals surface area contributed by atoms with Crippen molar-refractivity contribution in [1.82, 2.24) is 0 Å². The molecule has 0 aliphatic carbocycles. The lowest BCUT2D eigenvalue weighted by atomic mass is 10.1. The van der Waals surface area contributed by atoms with E-state index in [1.54, 1.807) is 4.90 Å². The molecule has 1 aliphatic heterocycles. The van der Waals surface area contributed by atoms with Crippen molar-refractivity contribution in [1.29, 1.82) is 0 Å². The van der Waals surface area contributed by atoms with E-state index in [4.69, 9.17) is 10.9 Å². The van der Waals surface area contributed by atoms with Gasteiger partial charge in [0.2, 0.25) is 0 Å². The first-order valence-electron chi connectivity index (χ1n) is 6.06. The third kappa shape index (κ3) is 3.21. The first kappa shape index (κ1) is 15.0. The lowest BCUT2D eigenvalue weighted by molar-refractivity contribution is -0.384. The summed E-state index contributed by atoms with van der Waals surface area (Å²) in [5.74, 6) is -0.302. The lowest BCUT2D eigenvalue weighted by Gasteiger charge is -2.28. The molecule has 10 heteroatoms. The standard InChI is InChI=1S/C11H14N4O5S/c12-11(13-16)8-1-2-9(10(7-8)15(17)18)14-3-5-21(19,20)6-4-14/h1-2,7,16H,3-6H2,(H2,12,13). The largest absolute Gasteiger partial charge is 0.409 e. The maximum absolute atomic E-state index is 11.4. The first-order chi connectivity index (χ1) is 9.84. The van der Waals surface area contributed by atoms with Gasteiger partial charge in [0.1, 0.15) is 5.69 Å². The van der Waals surface area contributed by atoms with Gasteiger partial charge in [-0.1, -0.05) is 5.16 Å². The predicted molar refractivity (Wildman–Crippen MR) is 76.5 cm³/mol. The molecular weight excluding hydrogens is 300 g/mol. The van der Waals surface area contributed by atoms with Gasteiger partial charge in [0.15, 0.2) is 15.7 Å². The molecule has 2 rings (SSSR count). The molecule has 114 valence electrons. The van der Waals surface area contributed by atoms with E-state index in [0.717, 1.165) is 0 Å². The number of sulfone groups is 1. The Kier molecular flexibility index (Phi) is 3.98. The van der Waals surface area contributed by atoms with Gasteiger partial charge in [-0.25, -0.2) is 8.42 Å². The van der Waals surface area contributed by atoms with E-state index in [1.165, 1.54) is 18.2 Å². The van der Waals surface area contributed by atoms with Crippen molar-refractivity contribution >= 4 is 27.0 Å². The molecule has 1 aromatic rings. The van der Waals surface area contributed by atoms with Crippen molar-refractivity contribution in [3.8, 4) is 0 Å². The molecular formula is C11H14N4O5S. The van der Waals surface area contributed by atoms with Crippen LogP contribution in [0.5, 0.6) is 0 Å². The van der Waals surface area contributed by atoms with Crippen LogP contribution in [-0.4, -0.2) is 49.0 Å². The van der Waals surface area contributed by atoms with Crippen molar-refractivity contribution < 1.29 is 18.5 Å². The Labute approximate surface area is 120 Å². The molecule has 0 atom stereocenters. The van der Waals surface area contributed by atoms with Gasteiger partial charge >= 0.3 is 0 Å². The minimum Gasteiger partial charge on any atom is -0.409 e. The van der Waals surface area contributed by atoms with Gasteiger partial charge in [0, 0.05) is 24.7 Å². The zero-order chi connectivity index (χ0) is 15.6. The van der Waals surface area contributed by atoms with Crippen molar-refractivity contribution in [2.45, 2.75) is 0 Å². The minimum absolute atomic E-state index is 0.0356. The molecule has 1 aromatic carbocycles. The van der Waals surface area contributed by atoms with Crippen LogP contribution >= 0.6 is 0 Å². The van der Waals surface area contributed by atoms with E-state index in [2.05, 4.69) is 5.16 Å². The average molecular weight is 314 g/mol. The molecule has 3 N–H and O–H groups in total. The highest BCUT2D eigenvalue weighted by Crippen LogP contribution is 2.30. The van der Waals surface area contributed by atoms with E-state index in [0.29, 0.717) is 5.69 Å². The quantitative estimate of drug-likeness (QED) is 0.261. The molecule has 1 fully saturated rings. The Morgan fingerprint density at radius 1 is 1.38 bits per heavy atom. The van der Waals surface area contributed by atoms with Crippen molar-refractivity contribution in [3.63, 3.8) is 0 Å². The molecule has 0 unspecified atom stereocenters. The van der Waals surface area contributed by atoms with Crippen LogP contribution in [0, 0.1) is 10.1 Å². The highest BCUT2D eigenvalue weighted by Gasteiger charge is 2.27. The highest BCUT2D eigenvalue weighted by atomic mass is 32.2. The normalized spacial score (nSPS) is 18.5. The Balaban J connectivity index is 2.38. The molecule has 0 spiro atoms. The Hall–Kier alpha value is -2.36. The van der Waals surface area contributed by atoms with Gasteiger partial charge in [0.25, 0.3) is 5.69 Å². The number of rotatable bonds is 3. The van der Waals surface area contributed by atoms with E-state index in [-0.39, 0.29) is 41.7 Å². The van der Waals surface area contributed by atoms with Gasteiger partial charge in [0.05, 0.1) is 16.4 Å². The Bertz CT molecular complexity index is 687. The molecule has 0 aromatic heterocycles. The SMILES string of the molecule is NC(=NO)c1ccc(N2CCS(=O)(=O)CC2)c([N+](=O)[O-])c1. The first-order valence-corrected chi connectivity index (χ1v) is 7.88. The fraction of sp³-hybridized carbons (Fsp3) is 0.364. The Morgan fingerprint density at radius 3 is 2.52 bits per heavy atom. The van der Waals surface area contributed by atoms with Gasteiger partial charge < -0.3 is 15.8 Å². The van der Waals surface area contributed by atoms with E-state index in [1.807, 2.05) is 0 Å². The smallest absolute Gasteiger partial charge is 0.293 e. The number of nitro groups is 1. The van der Waals surface area contributed by atoms with Crippen LogP contribution in [0.25, 0.3) is 0 Å². The van der Waals surface area contributed by atoms with Crippen molar-refractivity contribution in [3.05, 3.63) is 33.9 Å². The number of anilines is 1. The topological polar surface area (TPSA) is 139 Å². The summed E-state index contributed by atoms with van der Waals surface area (Å²) in [6, 6.07) is 4.16. The van der Waals surface area contributed by atoms with Crippen molar-refractivity contribution in [2.75, 3.05) is 29.5 Å². The number of nitro benzene ring substituents is 1. The molecule has 0 saturated carbocycles. The summed E-state index contributed by atoms with van der Waals surface area (Å²) >= 11 is 0. The molecule has 1 aliphatic rings. The van der Waals surface area contributed by atoms with E-state index >= 15 is 0 Å². The number of benzene rings is 1. The zero-order valence-corrected chi connectivity index (χ0v) is 11.8. The second-order valence-corrected chi connectivity index (χ2v) is 6.89. The van der Waals surface area contributed by atoms with Gasteiger partial charge in [-0.2, -0.15) is 0 Å². The summed E-state index contributed by atoms with van der Waals surface area (Å²) in [6.45, 7) is 0.401.